The fourth-order valence-electron chi connectivity index (χ4n) is 4.34. The van der Waals surface area contributed by atoms with Crippen LogP contribution in [-0.2, 0) is 4.79 Å². The van der Waals surface area contributed by atoms with Crippen LogP contribution in [0.5, 0.6) is 11.5 Å². The maximum Gasteiger partial charge on any atom is 0.246 e. The predicted molar refractivity (Wildman–Crippen MR) is 107 cm³/mol. The average molecular weight is 383 g/mol. The summed E-state index contributed by atoms with van der Waals surface area (Å²) < 4.78 is 11.1. The first-order valence-electron chi connectivity index (χ1n) is 10.5. The molecule has 4 rings (SSSR count). The van der Waals surface area contributed by atoms with Crippen molar-refractivity contribution in [3.63, 3.8) is 0 Å². The van der Waals surface area contributed by atoms with E-state index in [4.69, 9.17) is 9.47 Å². The SMILES string of the molecule is CC1CCC(=CC(=O)N2CCC(C(=O)c3ccc4c(c3)OCCO4)CC2)CC1. The van der Waals surface area contributed by atoms with E-state index in [9.17, 15) is 9.59 Å². The number of amides is 1. The standard InChI is InChI=1S/C23H29NO4/c1-16-2-4-17(5-3-16)14-22(25)24-10-8-18(9-11-24)23(26)19-6-7-20-21(15-19)28-13-12-27-20/h6-7,14-16,18H,2-5,8-13H2,1H3. The summed E-state index contributed by atoms with van der Waals surface area (Å²) in [6.45, 7) is 4.64. The van der Waals surface area contributed by atoms with Gasteiger partial charge < -0.3 is 14.4 Å². The zero-order valence-corrected chi connectivity index (χ0v) is 16.6. The number of Topliss-reactive ketones (excluding diaryl/α,β-unsaturated/α-hetero) is 1. The van der Waals surface area contributed by atoms with Crippen molar-refractivity contribution in [2.45, 2.75) is 45.4 Å². The number of rotatable bonds is 3. The first-order chi connectivity index (χ1) is 13.6. The van der Waals surface area contributed by atoms with E-state index in [1.54, 1.807) is 6.07 Å². The largest absolute Gasteiger partial charge is 0.486 e. The smallest absolute Gasteiger partial charge is 0.246 e. The molecule has 1 aromatic rings. The maximum atomic E-state index is 12.9. The quantitative estimate of drug-likeness (QED) is 0.584. The lowest BCUT2D eigenvalue weighted by Gasteiger charge is -2.31. The van der Waals surface area contributed by atoms with E-state index >= 15 is 0 Å². The topological polar surface area (TPSA) is 55.8 Å². The fraction of sp³-hybridized carbons (Fsp3) is 0.565. The lowest BCUT2D eigenvalue weighted by Crippen LogP contribution is -2.39. The molecule has 0 N–H and O–H groups in total. The Kier molecular flexibility index (Phi) is 5.69. The number of hydrogen-bond acceptors (Lipinski definition) is 4. The Morgan fingerprint density at radius 1 is 1.00 bits per heavy atom. The molecule has 2 heterocycles. The Morgan fingerprint density at radius 2 is 1.68 bits per heavy atom. The Morgan fingerprint density at radius 3 is 2.39 bits per heavy atom. The second-order valence-corrected chi connectivity index (χ2v) is 8.31. The molecule has 0 atom stereocenters. The Bertz CT molecular complexity index is 767. The molecule has 3 aliphatic rings. The molecule has 5 heteroatoms. The fourth-order valence-corrected chi connectivity index (χ4v) is 4.34. The summed E-state index contributed by atoms with van der Waals surface area (Å²) in [5.74, 6) is 2.36. The van der Waals surface area contributed by atoms with Crippen LogP contribution in [0.1, 0.15) is 55.8 Å². The number of nitrogens with zero attached hydrogens (tertiary/aromatic N) is 1. The molecule has 28 heavy (non-hydrogen) atoms. The number of allylic oxidation sites excluding steroid dienone is 1. The minimum absolute atomic E-state index is 0.0326. The number of benzene rings is 1. The summed E-state index contributed by atoms with van der Waals surface area (Å²) in [5.41, 5.74) is 1.96. The molecule has 0 spiro atoms. The van der Waals surface area contributed by atoms with Gasteiger partial charge in [0.15, 0.2) is 17.3 Å². The van der Waals surface area contributed by atoms with Crippen molar-refractivity contribution in [3.05, 3.63) is 35.4 Å². The van der Waals surface area contributed by atoms with Crippen LogP contribution in [0.3, 0.4) is 0 Å². The molecule has 0 bridgehead atoms. The number of carbonyl (C=O) groups excluding carboxylic acids is 2. The molecule has 2 fully saturated rings. The van der Waals surface area contributed by atoms with Crippen molar-refractivity contribution < 1.29 is 19.1 Å². The summed E-state index contributed by atoms with van der Waals surface area (Å²) in [6.07, 6.45) is 7.77. The summed E-state index contributed by atoms with van der Waals surface area (Å²) in [4.78, 5) is 27.4. The molecule has 1 amide bonds. The zero-order chi connectivity index (χ0) is 19.5. The highest BCUT2D eigenvalue weighted by Crippen LogP contribution is 2.33. The van der Waals surface area contributed by atoms with Crippen LogP contribution in [0.15, 0.2) is 29.8 Å². The number of carbonyl (C=O) groups is 2. The van der Waals surface area contributed by atoms with Gasteiger partial charge in [0, 0.05) is 30.6 Å². The maximum absolute atomic E-state index is 12.9. The van der Waals surface area contributed by atoms with Crippen LogP contribution in [0.25, 0.3) is 0 Å². The zero-order valence-electron chi connectivity index (χ0n) is 16.6. The third-order valence-electron chi connectivity index (χ3n) is 6.25. The van der Waals surface area contributed by atoms with Gasteiger partial charge in [-0.3, -0.25) is 9.59 Å². The van der Waals surface area contributed by atoms with Crippen molar-refractivity contribution in [3.8, 4) is 11.5 Å². The van der Waals surface area contributed by atoms with Gasteiger partial charge in [-0.15, -0.1) is 0 Å². The molecule has 0 aromatic heterocycles. The number of hydrogen-bond donors (Lipinski definition) is 0. The van der Waals surface area contributed by atoms with Crippen LogP contribution < -0.4 is 9.47 Å². The summed E-state index contributed by atoms with van der Waals surface area (Å²) in [5, 5.41) is 0. The van der Waals surface area contributed by atoms with E-state index in [1.165, 1.54) is 18.4 Å². The lowest BCUT2D eigenvalue weighted by atomic mass is 9.86. The molecule has 2 aliphatic heterocycles. The van der Waals surface area contributed by atoms with E-state index in [-0.39, 0.29) is 17.6 Å². The Balaban J connectivity index is 1.33. The van der Waals surface area contributed by atoms with Crippen molar-refractivity contribution in [2.24, 2.45) is 11.8 Å². The lowest BCUT2D eigenvalue weighted by molar-refractivity contribution is -0.127. The first-order valence-corrected chi connectivity index (χ1v) is 10.5. The van der Waals surface area contributed by atoms with Gasteiger partial charge in [0.05, 0.1) is 0 Å². The Labute approximate surface area is 166 Å². The molecular formula is C23H29NO4. The first kappa shape index (κ1) is 19.0. The molecule has 1 aliphatic carbocycles. The van der Waals surface area contributed by atoms with E-state index in [0.29, 0.717) is 43.4 Å². The van der Waals surface area contributed by atoms with Crippen molar-refractivity contribution >= 4 is 11.7 Å². The molecule has 1 aromatic carbocycles. The van der Waals surface area contributed by atoms with Crippen molar-refractivity contribution in [2.75, 3.05) is 26.3 Å². The molecular weight excluding hydrogens is 354 g/mol. The van der Waals surface area contributed by atoms with Crippen LogP contribution >= 0.6 is 0 Å². The molecule has 1 saturated carbocycles. The second-order valence-electron chi connectivity index (χ2n) is 8.31. The molecule has 1 saturated heterocycles. The van der Waals surface area contributed by atoms with Gasteiger partial charge in [-0.25, -0.2) is 0 Å². The second kappa shape index (κ2) is 8.38. The monoisotopic (exact) mass is 383 g/mol. The third-order valence-corrected chi connectivity index (χ3v) is 6.25. The van der Waals surface area contributed by atoms with Crippen LogP contribution in [0.2, 0.25) is 0 Å². The number of fused-ring (bicyclic) bond motifs is 1. The number of ketones is 1. The van der Waals surface area contributed by atoms with Gasteiger partial charge in [-0.05, 0) is 62.6 Å². The van der Waals surface area contributed by atoms with Crippen LogP contribution in [-0.4, -0.2) is 42.9 Å². The molecule has 0 radical (unpaired) electrons. The van der Waals surface area contributed by atoms with Crippen LogP contribution in [0.4, 0.5) is 0 Å². The predicted octanol–water partition coefficient (Wildman–Crippen LogP) is 4.02. The highest BCUT2D eigenvalue weighted by atomic mass is 16.6. The highest BCUT2D eigenvalue weighted by molar-refractivity contribution is 5.98. The summed E-state index contributed by atoms with van der Waals surface area (Å²) >= 11 is 0. The van der Waals surface area contributed by atoms with Crippen molar-refractivity contribution in [1.29, 1.82) is 0 Å². The summed E-state index contributed by atoms with van der Waals surface area (Å²) in [6, 6.07) is 5.43. The van der Waals surface area contributed by atoms with E-state index < -0.39 is 0 Å². The number of likely N-dealkylation sites (tertiary alicyclic amines) is 1. The van der Waals surface area contributed by atoms with Gasteiger partial charge in [-0.2, -0.15) is 0 Å². The molecule has 150 valence electrons. The van der Waals surface area contributed by atoms with E-state index in [1.807, 2.05) is 23.1 Å². The Hall–Kier alpha value is -2.30. The molecule has 0 unspecified atom stereocenters. The number of piperidine rings is 1. The van der Waals surface area contributed by atoms with Gasteiger partial charge in [0.2, 0.25) is 5.91 Å². The minimum Gasteiger partial charge on any atom is -0.486 e. The number of ether oxygens (including phenoxy) is 2. The van der Waals surface area contributed by atoms with E-state index in [0.717, 1.165) is 31.6 Å². The van der Waals surface area contributed by atoms with Gasteiger partial charge >= 0.3 is 0 Å². The van der Waals surface area contributed by atoms with Crippen LogP contribution in [0, 0.1) is 11.8 Å². The highest BCUT2D eigenvalue weighted by Gasteiger charge is 2.28. The third kappa shape index (κ3) is 4.23. The van der Waals surface area contributed by atoms with Gasteiger partial charge in [-0.1, -0.05) is 12.5 Å². The average Bonchev–Trinajstić information content (AvgIpc) is 2.74. The van der Waals surface area contributed by atoms with Crippen molar-refractivity contribution in [1.82, 2.24) is 4.90 Å². The van der Waals surface area contributed by atoms with Gasteiger partial charge in [0.25, 0.3) is 0 Å². The molecule has 5 nitrogen and oxygen atoms in total. The summed E-state index contributed by atoms with van der Waals surface area (Å²) in [7, 11) is 0. The minimum atomic E-state index is -0.0326. The van der Waals surface area contributed by atoms with E-state index in [2.05, 4.69) is 6.92 Å². The van der Waals surface area contributed by atoms with Gasteiger partial charge in [0.1, 0.15) is 13.2 Å². The normalized spacial score (nSPS) is 22.7.